The Bertz CT molecular complexity index is 409. The summed E-state index contributed by atoms with van der Waals surface area (Å²) in [5.74, 6) is -1.25. The molecule has 2 atom stereocenters. The van der Waals surface area contributed by atoms with E-state index in [1.54, 1.807) is 0 Å². The SMILES string of the molecule is OC1CCCCC(c2c(F)ccc(Br)c2F)C1. The van der Waals surface area contributed by atoms with Gasteiger partial charge in [-0.3, -0.25) is 0 Å². The fourth-order valence-electron chi connectivity index (χ4n) is 2.51. The standard InChI is InChI=1S/C13H15BrF2O/c14-10-5-6-11(15)12(13(10)16)8-3-1-2-4-9(17)7-8/h5-6,8-9,17H,1-4,7H2. The number of hydrogen-bond donors (Lipinski definition) is 1. The van der Waals surface area contributed by atoms with Crippen LogP contribution >= 0.6 is 15.9 Å². The topological polar surface area (TPSA) is 20.2 Å². The molecule has 1 aromatic carbocycles. The molecule has 0 heterocycles. The van der Waals surface area contributed by atoms with Gasteiger partial charge in [0, 0.05) is 5.56 Å². The second kappa shape index (κ2) is 5.44. The maximum absolute atomic E-state index is 13.9. The first-order valence-electron chi connectivity index (χ1n) is 5.91. The lowest BCUT2D eigenvalue weighted by Crippen LogP contribution is -2.12. The Morgan fingerprint density at radius 1 is 1.18 bits per heavy atom. The number of benzene rings is 1. The molecule has 0 saturated heterocycles. The predicted molar refractivity (Wildman–Crippen MR) is 65.9 cm³/mol. The van der Waals surface area contributed by atoms with Crippen molar-refractivity contribution < 1.29 is 13.9 Å². The van der Waals surface area contributed by atoms with E-state index in [1.807, 2.05) is 0 Å². The molecule has 1 N–H and O–H groups in total. The average molecular weight is 305 g/mol. The van der Waals surface area contributed by atoms with Gasteiger partial charge in [-0.05, 0) is 53.2 Å². The van der Waals surface area contributed by atoms with Crippen LogP contribution in [0.2, 0.25) is 0 Å². The summed E-state index contributed by atoms with van der Waals surface area (Å²) >= 11 is 3.08. The highest BCUT2D eigenvalue weighted by Crippen LogP contribution is 2.36. The molecule has 0 spiro atoms. The molecule has 1 aromatic rings. The van der Waals surface area contributed by atoms with E-state index in [-0.39, 0.29) is 16.0 Å². The Morgan fingerprint density at radius 2 is 1.88 bits per heavy atom. The zero-order chi connectivity index (χ0) is 12.4. The minimum Gasteiger partial charge on any atom is -0.393 e. The zero-order valence-corrected chi connectivity index (χ0v) is 11.0. The van der Waals surface area contributed by atoms with Crippen molar-refractivity contribution in [2.75, 3.05) is 0 Å². The van der Waals surface area contributed by atoms with E-state index in [9.17, 15) is 13.9 Å². The molecule has 17 heavy (non-hydrogen) atoms. The third-order valence-corrected chi connectivity index (χ3v) is 4.00. The van der Waals surface area contributed by atoms with Crippen LogP contribution in [0, 0.1) is 11.6 Å². The number of aliphatic hydroxyl groups is 1. The molecule has 0 aliphatic heterocycles. The van der Waals surface area contributed by atoms with Crippen molar-refractivity contribution in [3.05, 3.63) is 33.8 Å². The second-order valence-corrected chi connectivity index (χ2v) is 5.48. The highest BCUT2D eigenvalue weighted by Gasteiger charge is 2.26. The van der Waals surface area contributed by atoms with Crippen molar-refractivity contribution in [2.45, 2.75) is 44.1 Å². The van der Waals surface area contributed by atoms with Crippen LogP contribution < -0.4 is 0 Å². The van der Waals surface area contributed by atoms with Gasteiger partial charge in [0.25, 0.3) is 0 Å². The van der Waals surface area contributed by atoms with Gasteiger partial charge in [-0.2, -0.15) is 0 Å². The van der Waals surface area contributed by atoms with Crippen molar-refractivity contribution in [3.8, 4) is 0 Å². The van der Waals surface area contributed by atoms with Crippen molar-refractivity contribution >= 4 is 15.9 Å². The molecule has 2 unspecified atom stereocenters. The quantitative estimate of drug-likeness (QED) is 0.611. The van der Waals surface area contributed by atoms with Crippen LogP contribution in [0.1, 0.15) is 43.6 Å². The molecule has 1 aliphatic carbocycles. The molecule has 4 heteroatoms. The zero-order valence-electron chi connectivity index (χ0n) is 9.43. The maximum atomic E-state index is 13.9. The van der Waals surface area contributed by atoms with Crippen LogP contribution in [0.5, 0.6) is 0 Å². The molecule has 0 amide bonds. The Kier molecular flexibility index (Phi) is 4.15. The van der Waals surface area contributed by atoms with Gasteiger partial charge in [-0.1, -0.05) is 12.8 Å². The van der Waals surface area contributed by atoms with Crippen molar-refractivity contribution in [3.63, 3.8) is 0 Å². The predicted octanol–water partition coefficient (Wildman–Crippen LogP) is 4.14. The van der Waals surface area contributed by atoms with E-state index in [0.29, 0.717) is 6.42 Å². The van der Waals surface area contributed by atoms with Crippen molar-refractivity contribution in [1.29, 1.82) is 0 Å². The van der Waals surface area contributed by atoms with Crippen molar-refractivity contribution in [2.24, 2.45) is 0 Å². The summed E-state index contributed by atoms with van der Waals surface area (Å²) in [6.45, 7) is 0. The first-order chi connectivity index (χ1) is 8.09. The third kappa shape index (κ3) is 2.86. The van der Waals surface area contributed by atoms with E-state index in [4.69, 9.17) is 0 Å². The van der Waals surface area contributed by atoms with Gasteiger partial charge in [0.05, 0.1) is 10.6 Å². The van der Waals surface area contributed by atoms with Gasteiger partial charge < -0.3 is 5.11 Å². The Labute approximate surface area is 108 Å². The summed E-state index contributed by atoms with van der Waals surface area (Å²) in [6.07, 6.45) is 3.31. The fourth-order valence-corrected chi connectivity index (χ4v) is 2.86. The highest BCUT2D eigenvalue weighted by molar-refractivity contribution is 9.10. The number of hydrogen-bond acceptors (Lipinski definition) is 1. The van der Waals surface area contributed by atoms with E-state index < -0.39 is 17.7 Å². The second-order valence-electron chi connectivity index (χ2n) is 4.63. The largest absolute Gasteiger partial charge is 0.393 e. The summed E-state index contributed by atoms with van der Waals surface area (Å²) in [4.78, 5) is 0. The lowest BCUT2D eigenvalue weighted by molar-refractivity contribution is 0.151. The Balaban J connectivity index is 2.34. The molecule has 1 nitrogen and oxygen atoms in total. The van der Waals surface area contributed by atoms with Crippen LogP contribution in [0.4, 0.5) is 8.78 Å². The van der Waals surface area contributed by atoms with Crippen LogP contribution in [0.25, 0.3) is 0 Å². The van der Waals surface area contributed by atoms with Gasteiger partial charge in [0.15, 0.2) is 0 Å². The summed E-state index contributed by atoms with van der Waals surface area (Å²) in [7, 11) is 0. The van der Waals surface area contributed by atoms with E-state index in [2.05, 4.69) is 15.9 Å². The van der Waals surface area contributed by atoms with Gasteiger partial charge in [-0.25, -0.2) is 8.78 Å². The van der Waals surface area contributed by atoms with Crippen molar-refractivity contribution in [1.82, 2.24) is 0 Å². The normalized spacial score (nSPS) is 25.6. The Hall–Kier alpha value is -0.480. The van der Waals surface area contributed by atoms with Crippen LogP contribution in [-0.2, 0) is 0 Å². The number of rotatable bonds is 1. The molecular weight excluding hydrogens is 290 g/mol. The molecule has 0 aromatic heterocycles. The van der Waals surface area contributed by atoms with Gasteiger partial charge in [-0.15, -0.1) is 0 Å². The molecular formula is C13H15BrF2O. The summed E-state index contributed by atoms with van der Waals surface area (Å²) < 4.78 is 28.0. The monoisotopic (exact) mass is 304 g/mol. The van der Waals surface area contributed by atoms with Crippen LogP contribution in [0.3, 0.4) is 0 Å². The molecule has 2 rings (SSSR count). The highest BCUT2D eigenvalue weighted by atomic mass is 79.9. The minimum atomic E-state index is -0.524. The first-order valence-corrected chi connectivity index (χ1v) is 6.70. The van der Waals surface area contributed by atoms with Gasteiger partial charge in [0.2, 0.25) is 0 Å². The molecule has 0 radical (unpaired) electrons. The lowest BCUT2D eigenvalue weighted by Gasteiger charge is -2.18. The molecule has 1 fully saturated rings. The smallest absolute Gasteiger partial charge is 0.143 e. The molecule has 1 saturated carbocycles. The maximum Gasteiger partial charge on any atom is 0.143 e. The van der Waals surface area contributed by atoms with E-state index in [0.717, 1.165) is 25.7 Å². The van der Waals surface area contributed by atoms with Gasteiger partial charge >= 0.3 is 0 Å². The number of halogens is 3. The van der Waals surface area contributed by atoms with Gasteiger partial charge in [0.1, 0.15) is 11.6 Å². The summed E-state index contributed by atoms with van der Waals surface area (Å²) in [6, 6.07) is 2.65. The van der Waals surface area contributed by atoms with E-state index >= 15 is 0 Å². The number of aliphatic hydroxyl groups excluding tert-OH is 1. The minimum absolute atomic E-state index is 0.125. The summed E-state index contributed by atoms with van der Waals surface area (Å²) in [5.41, 5.74) is 0.125. The van der Waals surface area contributed by atoms with E-state index in [1.165, 1.54) is 12.1 Å². The third-order valence-electron chi connectivity index (χ3n) is 3.38. The average Bonchev–Trinajstić information content (AvgIpc) is 2.49. The molecule has 0 bridgehead atoms. The first kappa shape index (κ1) is 13.0. The Morgan fingerprint density at radius 3 is 2.65 bits per heavy atom. The van der Waals surface area contributed by atoms with Crippen LogP contribution in [0.15, 0.2) is 16.6 Å². The fraction of sp³-hybridized carbons (Fsp3) is 0.538. The summed E-state index contributed by atoms with van der Waals surface area (Å²) in [5, 5.41) is 9.72. The molecule has 1 aliphatic rings. The lowest BCUT2D eigenvalue weighted by atomic mass is 9.90. The molecule has 94 valence electrons. The van der Waals surface area contributed by atoms with Crippen LogP contribution in [-0.4, -0.2) is 11.2 Å².